The maximum atomic E-state index is 15.0. The first-order chi connectivity index (χ1) is 15.8. The first kappa shape index (κ1) is 26.3. The van der Waals surface area contributed by atoms with Crippen LogP contribution in [0.3, 0.4) is 0 Å². The van der Waals surface area contributed by atoms with Crippen LogP contribution in [0.2, 0.25) is 0 Å². The van der Waals surface area contributed by atoms with Gasteiger partial charge in [0.15, 0.2) is 0 Å². The summed E-state index contributed by atoms with van der Waals surface area (Å²) in [6.45, 7) is 8.58. The molecule has 0 unspecified atom stereocenters. The molecule has 6 nitrogen and oxygen atoms in total. The topological polar surface area (TPSA) is 73.9 Å². The molecule has 0 radical (unpaired) electrons. The summed E-state index contributed by atoms with van der Waals surface area (Å²) >= 11 is 0. The van der Waals surface area contributed by atoms with Crippen LogP contribution >= 0.6 is 0 Å². The van der Waals surface area contributed by atoms with Crippen LogP contribution in [-0.4, -0.2) is 44.8 Å². The summed E-state index contributed by atoms with van der Waals surface area (Å²) in [6.07, 6.45) is 2.07. The molecule has 2 aromatic rings. The van der Waals surface area contributed by atoms with E-state index in [4.69, 9.17) is 14.2 Å². The van der Waals surface area contributed by atoms with E-state index >= 15 is 0 Å². The number of carbonyl (C=O) groups excluding carboxylic acids is 2. The van der Waals surface area contributed by atoms with Crippen LogP contribution in [0.1, 0.15) is 66.8 Å². The van der Waals surface area contributed by atoms with Crippen LogP contribution < -0.4 is 10.1 Å². The summed E-state index contributed by atoms with van der Waals surface area (Å²) in [5.74, 6) is -0.850. The number of aryl methyl sites for hydroxylation is 1. The monoisotopic (exact) mass is 459 g/mol. The molecule has 2 aromatic carbocycles. The average molecular weight is 460 g/mol. The van der Waals surface area contributed by atoms with Crippen LogP contribution in [0.15, 0.2) is 30.3 Å². The van der Waals surface area contributed by atoms with Crippen molar-refractivity contribution < 1.29 is 28.2 Å². The molecule has 33 heavy (non-hydrogen) atoms. The van der Waals surface area contributed by atoms with Crippen molar-refractivity contribution in [3.8, 4) is 16.9 Å². The molecule has 0 atom stereocenters. The van der Waals surface area contributed by atoms with Gasteiger partial charge in [-0.15, -0.1) is 0 Å². The Kier molecular flexibility index (Phi) is 10.3. The third-order valence-electron chi connectivity index (χ3n) is 4.91. The predicted molar refractivity (Wildman–Crippen MR) is 126 cm³/mol. The van der Waals surface area contributed by atoms with E-state index in [1.807, 2.05) is 20.8 Å². The average Bonchev–Trinajstić information content (AvgIpc) is 2.77. The maximum Gasteiger partial charge on any atom is 0.338 e. The van der Waals surface area contributed by atoms with Crippen LogP contribution in [0.25, 0.3) is 11.1 Å². The smallest absolute Gasteiger partial charge is 0.338 e. The summed E-state index contributed by atoms with van der Waals surface area (Å²) in [7, 11) is 1.61. The van der Waals surface area contributed by atoms with Crippen molar-refractivity contribution in [2.75, 3.05) is 26.9 Å². The molecule has 0 saturated heterocycles. The number of ether oxygens (including phenoxy) is 3. The van der Waals surface area contributed by atoms with Gasteiger partial charge in [0.2, 0.25) is 0 Å². The second-order valence-corrected chi connectivity index (χ2v) is 7.99. The van der Waals surface area contributed by atoms with Crippen LogP contribution in [0.5, 0.6) is 5.75 Å². The molecule has 0 aliphatic carbocycles. The van der Waals surface area contributed by atoms with Crippen LogP contribution in [0.4, 0.5) is 4.39 Å². The first-order valence-electron chi connectivity index (χ1n) is 11.4. The lowest BCUT2D eigenvalue weighted by Crippen LogP contribution is -2.31. The van der Waals surface area contributed by atoms with Crippen molar-refractivity contribution >= 4 is 11.9 Å². The van der Waals surface area contributed by atoms with E-state index < -0.39 is 11.8 Å². The minimum absolute atomic E-state index is 0.0311. The molecule has 0 aromatic heterocycles. The Morgan fingerprint density at radius 1 is 1.06 bits per heavy atom. The van der Waals surface area contributed by atoms with Gasteiger partial charge in [-0.3, -0.25) is 4.79 Å². The van der Waals surface area contributed by atoms with E-state index in [1.165, 1.54) is 18.2 Å². The Morgan fingerprint density at radius 3 is 2.45 bits per heavy atom. The van der Waals surface area contributed by atoms with Gasteiger partial charge in [-0.25, -0.2) is 9.18 Å². The number of hydrogen-bond donors (Lipinski definition) is 1. The van der Waals surface area contributed by atoms with E-state index in [0.29, 0.717) is 42.9 Å². The summed E-state index contributed by atoms with van der Waals surface area (Å²) in [6, 6.07) is 7.53. The van der Waals surface area contributed by atoms with Crippen LogP contribution in [-0.2, 0) is 15.9 Å². The zero-order valence-corrected chi connectivity index (χ0v) is 20.1. The first-order valence-corrected chi connectivity index (χ1v) is 11.4. The highest BCUT2D eigenvalue weighted by Crippen LogP contribution is 2.36. The predicted octanol–water partition coefficient (Wildman–Crippen LogP) is 5.18. The van der Waals surface area contributed by atoms with Gasteiger partial charge in [-0.1, -0.05) is 13.3 Å². The zero-order chi connectivity index (χ0) is 24.4. The Hall–Kier alpha value is -2.93. The van der Waals surface area contributed by atoms with E-state index in [9.17, 15) is 14.0 Å². The molecule has 0 fully saturated rings. The van der Waals surface area contributed by atoms with Crippen molar-refractivity contribution in [3.63, 3.8) is 0 Å². The molecular weight excluding hydrogens is 425 g/mol. The molecule has 1 N–H and O–H groups in total. The van der Waals surface area contributed by atoms with E-state index in [2.05, 4.69) is 5.32 Å². The number of halogens is 1. The van der Waals surface area contributed by atoms with Gasteiger partial charge < -0.3 is 19.5 Å². The van der Waals surface area contributed by atoms with Gasteiger partial charge >= 0.3 is 5.97 Å². The number of rotatable bonds is 12. The molecule has 0 saturated carbocycles. The zero-order valence-electron chi connectivity index (χ0n) is 20.1. The fourth-order valence-corrected chi connectivity index (χ4v) is 3.44. The number of benzene rings is 2. The second kappa shape index (κ2) is 12.9. The van der Waals surface area contributed by atoms with E-state index in [1.54, 1.807) is 26.2 Å². The van der Waals surface area contributed by atoms with Crippen LogP contribution in [0, 0.1) is 5.82 Å². The SMILES string of the molecule is CCCc1cc(-c2cc(C(=O)OCC)ccc2F)c(OCCCOC)cc1C(=O)NC(C)C. The number of esters is 1. The lowest BCUT2D eigenvalue weighted by molar-refractivity contribution is 0.0526. The third kappa shape index (κ3) is 7.29. The number of carbonyl (C=O) groups is 2. The van der Waals surface area contributed by atoms with Gasteiger partial charge in [-0.05, 0) is 63.1 Å². The molecule has 1 amide bonds. The van der Waals surface area contributed by atoms with Crippen molar-refractivity contribution in [2.45, 2.75) is 53.0 Å². The molecule has 0 spiro atoms. The fraction of sp³-hybridized carbons (Fsp3) is 0.462. The van der Waals surface area contributed by atoms with Gasteiger partial charge in [0.05, 0.1) is 18.8 Å². The molecule has 2 rings (SSSR count). The molecule has 0 aliphatic rings. The third-order valence-corrected chi connectivity index (χ3v) is 4.91. The summed E-state index contributed by atoms with van der Waals surface area (Å²) in [5, 5.41) is 2.92. The van der Waals surface area contributed by atoms with Gasteiger partial charge in [0.1, 0.15) is 11.6 Å². The minimum Gasteiger partial charge on any atom is -0.493 e. The van der Waals surface area contributed by atoms with Gasteiger partial charge in [0, 0.05) is 42.9 Å². The number of hydrogen-bond acceptors (Lipinski definition) is 5. The normalized spacial score (nSPS) is 10.9. The summed E-state index contributed by atoms with van der Waals surface area (Å²) < 4.78 is 31.1. The largest absolute Gasteiger partial charge is 0.493 e. The van der Waals surface area contributed by atoms with E-state index in [0.717, 1.165) is 12.0 Å². The number of methoxy groups -OCH3 is 1. The quantitative estimate of drug-likeness (QED) is 0.350. The maximum absolute atomic E-state index is 15.0. The molecule has 180 valence electrons. The summed E-state index contributed by atoms with van der Waals surface area (Å²) in [5.41, 5.74) is 2.24. The number of nitrogens with one attached hydrogen (secondary N) is 1. The minimum atomic E-state index is -0.525. The Balaban J connectivity index is 2.63. The molecular formula is C26H34FNO5. The molecule has 0 aliphatic heterocycles. The molecule has 7 heteroatoms. The summed E-state index contributed by atoms with van der Waals surface area (Å²) in [4.78, 5) is 25.1. The van der Waals surface area contributed by atoms with E-state index in [-0.39, 0.29) is 29.7 Å². The Bertz CT molecular complexity index is 958. The second-order valence-electron chi connectivity index (χ2n) is 7.99. The highest BCUT2D eigenvalue weighted by molar-refractivity contribution is 5.98. The lowest BCUT2D eigenvalue weighted by Gasteiger charge is -2.19. The lowest BCUT2D eigenvalue weighted by atomic mass is 9.93. The van der Waals surface area contributed by atoms with Gasteiger partial charge in [-0.2, -0.15) is 0 Å². The fourth-order valence-electron chi connectivity index (χ4n) is 3.44. The molecule has 0 bridgehead atoms. The standard InChI is InChI=1S/C26H34FNO5/c1-6-9-18-14-22(21-15-19(10-11-23(21)27)26(30)32-7-2)24(33-13-8-12-31-5)16-20(18)25(29)28-17(3)4/h10-11,14-17H,6-9,12-13H2,1-5H3,(H,28,29). The van der Waals surface area contributed by atoms with Crippen molar-refractivity contribution in [1.29, 1.82) is 0 Å². The Morgan fingerprint density at radius 2 is 1.82 bits per heavy atom. The highest BCUT2D eigenvalue weighted by Gasteiger charge is 2.21. The van der Waals surface area contributed by atoms with Crippen molar-refractivity contribution in [2.24, 2.45) is 0 Å². The number of amides is 1. The molecule has 0 heterocycles. The Labute approximate surface area is 195 Å². The van der Waals surface area contributed by atoms with Gasteiger partial charge in [0.25, 0.3) is 5.91 Å². The highest BCUT2D eigenvalue weighted by atomic mass is 19.1. The van der Waals surface area contributed by atoms with Crippen molar-refractivity contribution in [3.05, 3.63) is 52.8 Å². The van der Waals surface area contributed by atoms with Crippen molar-refractivity contribution in [1.82, 2.24) is 5.32 Å².